The predicted octanol–water partition coefficient (Wildman–Crippen LogP) is 6.92. The largest absolute Gasteiger partial charge is 0.496 e. The summed E-state index contributed by atoms with van der Waals surface area (Å²) in [6.07, 6.45) is 7.03. The zero-order valence-electron chi connectivity index (χ0n) is 28.7. The van der Waals surface area contributed by atoms with E-state index in [1.54, 1.807) is 25.4 Å². The van der Waals surface area contributed by atoms with E-state index >= 15 is 0 Å². The standard InChI is InChI=1S/C40H43ClN4O5/c1-25-18-31(23-45-16-14-30(22-45)40(48)49)37(50-3)19-29(25)12-11-28-6-4-7-33(26(28)2)34-8-5-9-35(38(34)41)43-39(47)36-13-10-27(20-42-36)21-44-17-15-32(46)24-44/h4-13,18-20,30,32,46H,14-17,21-24H2,1-3H3,(H,43,47)(H,48,49)/b12-11+/t30-,32-/m1/s1. The first-order chi connectivity index (χ1) is 24.1. The molecular formula is C40H43ClN4O5. The first kappa shape index (κ1) is 35.3. The Morgan fingerprint density at radius 1 is 0.960 bits per heavy atom. The predicted molar refractivity (Wildman–Crippen MR) is 197 cm³/mol. The first-order valence-electron chi connectivity index (χ1n) is 17.0. The number of aliphatic carboxylic acids is 1. The second kappa shape index (κ2) is 15.6. The molecule has 0 spiro atoms. The molecule has 2 aliphatic heterocycles. The Kier molecular flexibility index (Phi) is 11.0. The number of halogens is 1. The molecule has 3 N–H and O–H groups in total. The van der Waals surface area contributed by atoms with Crippen LogP contribution in [0.25, 0.3) is 23.3 Å². The summed E-state index contributed by atoms with van der Waals surface area (Å²) >= 11 is 6.93. The van der Waals surface area contributed by atoms with Crippen LogP contribution in [0.1, 0.15) is 56.7 Å². The van der Waals surface area contributed by atoms with Gasteiger partial charge < -0.3 is 20.3 Å². The maximum Gasteiger partial charge on any atom is 0.307 e. The van der Waals surface area contributed by atoms with E-state index in [1.165, 1.54) is 0 Å². The van der Waals surface area contributed by atoms with Crippen LogP contribution in [0, 0.1) is 19.8 Å². The number of aryl methyl sites for hydroxylation is 1. The number of benzene rings is 3. The number of hydrogen-bond donors (Lipinski definition) is 3. The monoisotopic (exact) mass is 694 g/mol. The number of ether oxygens (including phenoxy) is 1. The maximum atomic E-state index is 13.2. The smallest absolute Gasteiger partial charge is 0.307 e. The molecule has 2 fully saturated rings. The van der Waals surface area contributed by atoms with E-state index in [0.717, 1.165) is 69.8 Å². The molecule has 4 aromatic rings. The van der Waals surface area contributed by atoms with Gasteiger partial charge in [0.25, 0.3) is 5.91 Å². The van der Waals surface area contributed by atoms with Crippen molar-refractivity contribution in [2.75, 3.05) is 38.6 Å². The van der Waals surface area contributed by atoms with Gasteiger partial charge in [0.05, 0.1) is 29.8 Å². The Morgan fingerprint density at radius 2 is 1.70 bits per heavy atom. The summed E-state index contributed by atoms with van der Waals surface area (Å²) in [5.41, 5.74) is 8.78. The fraction of sp³-hybridized carbons (Fsp3) is 0.325. The van der Waals surface area contributed by atoms with E-state index in [2.05, 4.69) is 58.2 Å². The second-order valence-corrected chi connectivity index (χ2v) is 13.7. The average molecular weight is 695 g/mol. The number of methoxy groups -OCH3 is 1. The molecule has 2 saturated heterocycles. The zero-order valence-corrected chi connectivity index (χ0v) is 29.4. The number of rotatable bonds is 11. The lowest BCUT2D eigenvalue weighted by atomic mass is 9.95. The SMILES string of the molecule is COc1cc(/C=C/c2cccc(-c3cccc(NC(=O)c4ccc(CN5CC[C@@H](O)C5)cn4)c3Cl)c2C)c(C)cc1CN1CC[C@@H](C(=O)O)C1. The molecule has 0 bridgehead atoms. The van der Waals surface area contributed by atoms with E-state index in [-0.39, 0.29) is 17.9 Å². The fourth-order valence-electron chi connectivity index (χ4n) is 6.87. The number of anilines is 1. The van der Waals surface area contributed by atoms with E-state index in [4.69, 9.17) is 16.3 Å². The summed E-state index contributed by atoms with van der Waals surface area (Å²) in [6.45, 7) is 8.26. The van der Waals surface area contributed by atoms with Crippen molar-refractivity contribution in [1.29, 1.82) is 0 Å². The van der Waals surface area contributed by atoms with Crippen LogP contribution in [-0.2, 0) is 17.9 Å². The summed E-state index contributed by atoms with van der Waals surface area (Å²) in [4.78, 5) is 33.3. The lowest BCUT2D eigenvalue weighted by molar-refractivity contribution is -0.141. The van der Waals surface area contributed by atoms with Crippen LogP contribution in [0.5, 0.6) is 5.75 Å². The highest BCUT2D eigenvalue weighted by atomic mass is 35.5. The summed E-state index contributed by atoms with van der Waals surface area (Å²) in [5, 5.41) is 22.5. The van der Waals surface area contributed by atoms with Gasteiger partial charge in [-0.25, -0.2) is 0 Å². The normalized spacial score (nSPS) is 18.2. The van der Waals surface area contributed by atoms with Gasteiger partial charge in [0.2, 0.25) is 0 Å². The number of nitrogens with one attached hydrogen (secondary N) is 1. The minimum absolute atomic E-state index is 0.280. The number of carbonyl (C=O) groups is 2. The summed E-state index contributed by atoms with van der Waals surface area (Å²) in [6, 6.07) is 19.5. The van der Waals surface area contributed by atoms with Gasteiger partial charge in [-0.05, 0) is 84.8 Å². The van der Waals surface area contributed by atoms with Gasteiger partial charge >= 0.3 is 5.97 Å². The number of pyridine rings is 1. The number of aliphatic hydroxyl groups is 1. The molecule has 0 saturated carbocycles. The van der Waals surface area contributed by atoms with Crippen LogP contribution in [0.3, 0.4) is 0 Å². The summed E-state index contributed by atoms with van der Waals surface area (Å²) in [7, 11) is 1.66. The fourth-order valence-corrected chi connectivity index (χ4v) is 7.15. The van der Waals surface area contributed by atoms with Crippen molar-refractivity contribution in [2.24, 2.45) is 5.92 Å². The number of amides is 1. The molecule has 2 atom stereocenters. The molecule has 3 aromatic carbocycles. The minimum atomic E-state index is -0.733. The Bertz CT molecular complexity index is 1910. The topological polar surface area (TPSA) is 115 Å². The number of carboxylic acid groups (broad SMARTS) is 1. The number of hydrogen-bond acceptors (Lipinski definition) is 7. The molecule has 2 aliphatic rings. The molecule has 9 nitrogen and oxygen atoms in total. The van der Waals surface area contributed by atoms with Crippen molar-refractivity contribution in [2.45, 2.75) is 45.9 Å². The highest BCUT2D eigenvalue weighted by Gasteiger charge is 2.28. The molecule has 1 aromatic heterocycles. The first-order valence-corrected chi connectivity index (χ1v) is 17.3. The number of aliphatic hydroxyl groups excluding tert-OH is 1. The second-order valence-electron chi connectivity index (χ2n) is 13.3. The van der Waals surface area contributed by atoms with Crippen LogP contribution in [0.2, 0.25) is 5.02 Å². The number of aromatic nitrogens is 1. The van der Waals surface area contributed by atoms with Crippen molar-refractivity contribution < 1.29 is 24.5 Å². The van der Waals surface area contributed by atoms with E-state index in [0.29, 0.717) is 49.0 Å². The van der Waals surface area contributed by atoms with E-state index in [1.807, 2.05) is 36.4 Å². The van der Waals surface area contributed by atoms with E-state index < -0.39 is 5.97 Å². The van der Waals surface area contributed by atoms with Crippen LogP contribution in [0.4, 0.5) is 5.69 Å². The van der Waals surface area contributed by atoms with Crippen LogP contribution in [0.15, 0.2) is 66.9 Å². The maximum absolute atomic E-state index is 13.2. The van der Waals surface area contributed by atoms with Crippen molar-refractivity contribution in [3.63, 3.8) is 0 Å². The Hall–Kier alpha value is -4.54. The Balaban J connectivity index is 1.16. The zero-order chi connectivity index (χ0) is 35.4. The van der Waals surface area contributed by atoms with Gasteiger partial charge in [0.15, 0.2) is 0 Å². The highest BCUT2D eigenvalue weighted by molar-refractivity contribution is 6.36. The molecular weight excluding hydrogens is 652 g/mol. The average Bonchev–Trinajstić information content (AvgIpc) is 3.75. The van der Waals surface area contributed by atoms with Crippen molar-refractivity contribution in [3.8, 4) is 16.9 Å². The Morgan fingerprint density at radius 3 is 2.40 bits per heavy atom. The lowest BCUT2D eigenvalue weighted by Crippen LogP contribution is -2.23. The number of carboxylic acids is 1. The molecule has 6 rings (SSSR count). The van der Waals surface area contributed by atoms with Crippen molar-refractivity contribution in [1.82, 2.24) is 14.8 Å². The van der Waals surface area contributed by atoms with Gasteiger partial charge in [0.1, 0.15) is 11.4 Å². The van der Waals surface area contributed by atoms with Gasteiger partial charge in [-0.3, -0.25) is 24.4 Å². The van der Waals surface area contributed by atoms with Crippen LogP contribution < -0.4 is 10.1 Å². The van der Waals surface area contributed by atoms with Crippen LogP contribution in [-0.4, -0.2) is 76.3 Å². The van der Waals surface area contributed by atoms with Gasteiger partial charge in [-0.15, -0.1) is 0 Å². The molecule has 0 aliphatic carbocycles. The van der Waals surface area contributed by atoms with Gasteiger partial charge in [-0.1, -0.05) is 66.2 Å². The van der Waals surface area contributed by atoms with Crippen LogP contribution >= 0.6 is 11.6 Å². The Labute approximate surface area is 298 Å². The molecule has 3 heterocycles. The number of likely N-dealkylation sites (tertiary alicyclic amines) is 2. The molecule has 50 heavy (non-hydrogen) atoms. The number of carbonyl (C=O) groups excluding carboxylic acids is 1. The third-order valence-corrected chi connectivity index (χ3v) is 10.2. The van der Waals surface area contributed by atoms with Gasteiger partial charge in [-0.2, -0.15) is 0 Å². The number of nitrogens with zero attached hydrogens (tertiary/aromatic N) is 3. The molecule has 0 radical (unpaired) electrons. The quantitative estimate of drug-likeness (QED) is 0.145. The molecule has 1 amide bonds. The van der Waals surface area contributed by atoms with Gasteiger partial charge in [0, 0.05) is 50.0 Å². The van der Waals surface area contributed by atoms with Crippen molar-refractivity contribution >= 4 is 41.3 Å². The molecule has 0 unspecified atom stereocenters. The van der Waals surface area contributed by atoms with Crippen molar-refractivity contribution in [3.05, 3.63) is 111 Å². The highest BCUT2D eigenvalue weighted by Crippen LogP contribution is 2.37. The third kappa shape index (κ3) is 8.08. The van der Waals surface area contributed by atoms with E-state index in [9.17, 15) is 19.8 Å². The minimum Gasteiger partial charge on any atom is -0.496 e. The third-order valence-electron chi connectivity index (χ3n) is 9.75. The molecule has 10 heteroatoms. The number of β-amino-alcohol motifs (C(OH)–C–C–N with tert-alkyl or cyclic N) is 1. The molecule has 260 valence electrons. The lowest BCUT2D eigenvalue weighted by Gasteiger charge is -2.19. The summed E-state index contributed by atoms with van der Waals surface area (Å²) < 4.78 is 5.76. The summed E-state index contributed by atoms with van der Waals surface area (Å²) in [5.74, 6) is -0.618.